The van der Waals surface area contributed by atoms with Crippen LogP contribution >= 0.6 is 23.1 Å². The highest BCUT2D eigenvalue weighted by molar-refractivity contribution is 7.98. The SMILES string of the molecule is CSc1ccccc1C(=O)NCCc1ccc(-c2ccco2)s1. The Kier molecular flexibility index (Phi) is 5.20. The third-order valence-electron chi connectivity index (χ3n) is 3.43. The molecule has 1 amide bonds. The van der Waals surface area contributed by atoms with Crippen molar-refractivity contribution in [2.45, 2.75) is 11.3 Å². The number of carbonyl (C=O) groups excluding carboxylic acids is 1. The summed E-state index contributed by atoms with van der Waals surface area (Å²) in [7, 11) is 0. The van der Waals surface area contributed by atoms with E-state index in [9.17, 15) is 4.79 Å². The summed E-state index contributed by atoms with van der Waals surface area (Å²) in [6.07, 6.45) is 4.48. The molecule has 23 heavy (non-hydrogen) atoms. The molecule has 0 bridgehead atoms. The lowest BCUT2D eigenvalue weighted by molar-refractivity contribution is 0.0951. The van der Waals surface area contributed by atoms with E-state index in [-0.39, 0.29) is 5.91 Å². The maximum Gasteiger partial charge on any atom is 0.252 e. The number of furan rings is 1. The summed E-state index contributed by atoms with van der Waals surface area (Å²) in [5.41, 5.74) is 0.738. The highest BCUT2D eigenvalue weighted by Gasteiger charge is 2.10. The first-order valence-electron chi connectivity index (χ1n) is 7.32. The molecule has 5 heteroatoms. The van der Waals surface area contributed by atoms with Crippen LogP contribution in [0.2, 0.25) is 0 Å². The van der Waals surface area contributed by atoms with E-state index in [0.29, 0.717) is 6.54 Å². The number of nitrogens with one attached hydrogen (secondary N) is 1. The first kappa shape index (κ1) is 15.9. The van der Waals surface area contributed by atoms with Gasteiger partial charge in [0.2, 0.25) is 0 Å². The molecule has 0 unspecified atom stereocenters. The molecular weight excluding hydrogens is 326 g/mol. The zero-order valence-corrected chi connectivity index (χ0v) is 14.4. The van der Waals surface area contributed by atoms with Gasteiger partial charge in [0.1, 0.15) is 5.76 Å². The van der Waals surface area contributed by atoms with Crippen LogP contribution in [-0.2, 0) is 6.42 Å². The van der Waals surface area contributed by atoms with E-state index in [4.69, 9.17) is 4.42 Å². The Hall–Kier alpha value is -1.98. The van der Waals surface area contributed by atoms with Crippen LogP contribution in [-0.4, -0.2) is 18.7 Å². The second-order valence-corrected chi connectivity index (χ2v) is 6.97. The molecule has 0 saturated carbocycles. The normalized spacial score (nSPS) is 10.7. The van der Waals surface area contributed by atoms with Crippen molar-refractivity contribution in [2.75, 3.05) is 12.8 Å². The molecule has 3 nitrogen and oxygen atoms in total. The predicted octanol–water partition coefficient (Wildman–Crippen LogP) is 4.70. The van der Waals surface area contributed by atoms with E-state index < -0.39 is 0 Å². The summed E-state index contributed by atoms with van der Waals surface area (Å²) in [6.45, 7) is 0.625. The van der Waals surface area contributed by atoms with Gasteiger partial charge >= 0.3 is 0 Å². The lowest BCUT2D eigenvalue weighted by Crippen LogP contribution is -2.25. The lowest BCUT2D eigenvalue weighted by atomic mass is 10.2. The molecule has 0 radical (unpaired) electrons. The van der Waals surface area contributed by atoms with Crippen molar-refractivity contribution in [2.24, 2.45) is 0 Å². The molecule has 1 aromatic carbocycles. The molecule has 1 N–H and O–H groups in total. The molecule has 2 heterocycles. The van der Waals surface area contributed by atoms with Gasteiger partial charge in [0.25, 0.3) is 5.91 Å². The van der Waals surface area contributed by atoms with Crippen LogP contribution in [0, 0.1) is 0 Å². The van der Waals surface area contributed by atoms with Gasteiger partial charge in [0.15, 0.2) is 0 Å². The number of rotatable bonds is 6. The van der Waals surface area contributed by atoms with Gasteiger partial charge in [-0.1, -0.05) is 12.1 Å². The number of carbonyl (C=O) groups is 1. The van der Waals surface area contributed by atoms with Crippen molar-refractivity contribution in [1.29, 1.82) is 0 Å². The Labute approximate surface area is 143 Å². The van der Waals surface area contributed by atoms with Crippen molar-refractivity contribution in [1.82, 2.24) is 5.32 Å². The van der Waals surface area contributed by atoms with Crippen LogP contribution in [0.25, 0.3) is 10.6 Å². The highest BCUT2D eigenvalue weighted by Crippen LogP contribution is 2.28. The van der Waals surface area contributed by atoms with E-state index >= 15 is 0 Å². The van der Waals surface area contributed by atoms with Crippen LogP contribution in [0.1, 0.15) is 15.2 Å². The molecule has 0 aliphatic carbocycles. The number of thioether (sulfide) groups is 1. The van der Waals surface area contributed by atoms with Crippen LogP contribution < -0.4 is 5.32 Å². The molecule has 3 aromatic rings. The van der Waals surface area contributed by atoms with Crippen LogP contribution in [0.4, 0.5) is 0 Å². The largest absolute Gasteiger partial charge is 0.464 e. The Balaban J connectivity index is 1.56. The zero-order valence-electron chi connectivity index (χ0n) is 12.7. The van der Waals surface area contributed by atoms with Gasteiger partial charge in [-0.2, -0.15) is 0 Å². The molecule has 118 valence electrons. The summed E-state index contributed by atoms with van der Waals surface area (Å²) in [5, 5.41) is 3.00. The Morgan fingerprint density at radius 1 is 1.17 bits per heavy atom. The average molecular weight is 343 g/mol. The van der Waals surface area contributed by atoms with Gasteiger partial charge in [-0.3, -0.25) is 4.79 Å². The van der Waals surface area contributed by atoms with Crippen LogP contribution in [0.15, 0.2) is 64.1 Å². The molecule has 0 saturated heterocycles. The molecule has 0 fully saturated rings. The Bertz CT molecular complexity index is 778. The summed E-state index contributed by atoms with van der Waals surface area (Å²) in [5.74, 6) is 0.872. The monoisotopic (exact) mass is 343 g/mol. The Morgan fingerprint density at radius 3 is 2.83 bits per heavy atom. The van der Waals surface area contributed by atoms with E-state index in [1.165, 1.54) is 4.88 Å². The summed E-state index contributed by atoms with van der Waals surface area (Å²) in [6, 6.07) is 15.7. The third-order valence-corrected chi connectivity index (χ3v) is 5.39. The van der Waals surface area contributed by atoms with Crippen molar-refractivity contribution < 1.29 is 9.21 Å². The maximum atomic E-state index is 12.3. The third kappa shape index (κ3) is 3.86. The van der Waals surface area contributed by atoms with Crippen molar-refractivity contribution in [3.8, 4) is 10.6 Å². The highest BCUT2D eigenvalue weighted by atomic mass is 32.2. The second kappa shape index (κ2) is 7.53. The summed E-state index contributed by atoms with van der Waals surface area (Å²) in [4.78, 5) is 15.6. The topological polar surface area (TPSA) is 42.2 Å². The minimum Gasteiger partial charge on any atom is -0.464 e. The first-order valence-corrected chi connectivity index (χ1v) is 9.36. The summed E-state index contributed by atoms with van der Waals surface area (Å²) < 4.78 is 5.40. The minimum absolute atomic E-state index is 0.0160. The smallest absolute Gasteiger partial charge is 0.252 e. The predicted molar refractivity (Wildman–Crippen MR) is 96.3 cm³/mol. The minimum atomic E-state index is -0.0160. The number of hydrogen-bond acceptors (Lipinski definition) is 4. The fourth-order valence-corrected chi connectivity index (χ4v) is 3.86. The molecular formula is C18H17NO2S2. The second-order valence-electron chi connectivity index (χ2n) is 4.95. The van der Waals surface area contributed by atoms with E-state index in [1.807, 2.05) is 42.7 Å². The van der Waals surface area contributed by atoms with Crippen LogP contribution in [0.5, 0.6) is 0 Å². The zero-order chi connectivity index (χ0) is 16.1. The molecule has 0 atom stereocenters. The van der Waals surface area contributed by atoms with E-state index in [1.54, 1.807) is 29.4 Å². The van der Waals surface area contributed by atoms with E-state index in [2.05, 4.69) is 17.4 Å². The number of benzene rings is 1. The van der Waals surface area contributed by atoms with Gasteiger partial charge in [-0.05, 0) is 49.1 Å². The standard InChI is InChI=1S/C18H17NO2S2/c1-22-16-7-3-2-5-14(16)18(20)19-11-10-13-8-9-17(23-13)15-6-4-12-21-15/h2-9,12H,10-11H2,1H3,(H,19,20). The summed E-state index contributed by atoms with van der Waals surface area (Å²) >= 11 is 3.28. The quantitative estimate of drug-likeness (QED) is 0.660. The Morgan fingerprint density at radius 2 is 2.04 bits per heavy atom. The maximum absolute atomic E-state index is 12.3. The first-order chi connectivity index (χ1) is 11.3. The average Bonchev–Trinajstić information content (AvgIpc) is 3.26. The van der Waals surface area contributed by atoms with Crippen LogP contribution in [0.3, 0.4) is 0 Å². The number of hydrogen-bond donors (Lipinski definition) is 1. The molecule has 0 aliphatic rings. The fraction of sp³-hybridized carbons (Fsp3) is 0.167. The fourth-order valence-electron chi connectivity index (χ4n) is 2.29. The van der Waals surface area contributed by atoms with Gasteiger partial charge in [-0.25, -0.2) is 0 Å². The number of thiophene rings is 1. The van der Waals surface area contributed by atoms with Gasteiger partial charge in [0.05, 0.1) is 16.7 Å². The number of amides is 1. The van der Waals surface area contributed by atoms with Crippen molar-refractivity contribution >= 4 is 29.0 Å². The molecule has 2 aromatic heterocycles. The van der Waals surface area contributed by atoms with Gasteiger partial charge in [0, 0.05) is 16.3 Å². The molecule has 0 aliphatic heterocycles. The van der Waals surface area contributed by atoms with Gasteiger partial charge in [-0.15, -0.1) is 23.1 Å². The van der Waals surface area contributed by atoms with Crippen molar-refractivity contribution in [3.63, 3.8) is 0 Å². The van der Waals surface area contributed by atoms with Gasteiger partial charge < -0.3 is 9.73 Å². The van der Waals surface area contributed by atoms with Crippen molar-refractivity contribution in [3.05, 3.63) is 65.2 Å². The van der Waals surface area contributed by atoms with E-state index in [0.717, 1.165) is 27.5 Å². The lowest BCUT2D eigenvalue weighted by Gasteiger charge is -2.07. The molecule has 0 spiro atoms. The molecule has 3 rings (SSSR count).